The van der Waals surface area contributed by atoms with Gasteiger partial charge in [-0.3, -0.25) is 0 Å². The fourth-order valence-electron chi connectivity index (χ4n) is 2.00. The number of rotatable bonds is 4. The van der Waals surface area contributed by atoms with Crippen molar-refractivity contribution in [1.29, 1.82) is 0 Å². The van der Waals surface area contributed by atoms with E-state index in [1.807, 2.05) is 6.07 Å². The van der Waals surface area contributed by atoms with Crippen LogP contribution in [0.1, 0.15) is 24.8 Å². The van der Waals surface area contributed by atoms with Crippen molar-refractivity contribution in [2.75, 3.05) is 13.1 Å². The Morgan fingerprint density at radius 1 is 1.47 bits per heavy atom. The molecule has 1 aliphatic carbocycles. The van der Waals surface area contributed by atoms with Crippen LogP contribution >= 0.6 is 11.6 Å². The molecule has 0 saturated heterocycles. The minimum absolute atomic E-state index is 0.230. The van der Waals surface area contributed by atoms with E-state index in [4.69, 9.17) is 11.6 Å². The molecule has 0 bridgehead atoms. The van der Waals surface area contributed by atoms with Gasteiger partial charge < -0.3 is 5.32 Å². The third kappa shape index (κ3) is 2.70. The van der Waals surface area contributed by atoms with Gasteiger partial charge in [0.05, 0.1) is 0 Å². The molecule has 82 valence electrons. The molecule has 1 fully saturated rings. The second-order valence-corrected chi connectivity index (χ2v) is 4.55. The molecule has 2 rings (SSSR count). The second-order valence-electron chi connectivity index (χ2n) is 4.11. The molecule has 1 nitrogen and oxygen atoms in total. The number of nitrogens with one attached hydrogen (secondary N) is 1. The minimum Gasteiger partial charge on any atom is -0.317 e. The zero-order valence-corrected chi connectivity index (χ0v) is 9.52. The van der Waals surface area contributed by atoms with Crippen molar-refractivity contribution < 1.29 is 4.39 Å². The van der Waals surface area contributed by atoms with Gasteiger partial charge in [0.15, 0.2) is 0 Å². The second kappa shape index (κ2) is 4.50. The van der Waals surface area contributed by atoms with Crippen LogP contribution in [0, 0.1) is 11.7 Å². The zero-order chi connectivity index (χ0) is 10.8. The maximum Gasteiger partial charge on any atom is 0.124 e. The molecule has 3 heteroatoms. The molecule has 1 aromatic rings. The largest absolute Gasteiger partial charge is 0.317 e. The SMILES string of the molecule is CCNCC1CC1c1cc(F)cc(Cl)c1. The quantitative estimate of drug-likeness (QED) is 0.833. The highest BCUT2D eigenvalue weighted by Gasteiger charge is 2.37. The van der Waals surface area contributed by atoms with Crippen molar-refractivity contribution in [1.82, 2.24) is 5.32 Å². The van der Waals surface area contributed by atoms with Crippen LogP contribution in [0.5, 0.6) is 0 Å². The predicted molar refractivity (Wildman–Crippen MR) is 60.8 cm³/mol. The summed E-state index contributed by atoms with van der Waals surface area (Å²) in [5.41, 5.74) is 1.04. The first-order valence-corrected chi connectivity index (χ1v) is 5.75. The number of hydrogen-bond acceptors (Lipinski definition) is 1. The summed E-state index contributed by atoms with van der Waals surface area (Å²) in [6.45, 7) is 4.11. The molecular weight excluding hydrogens is 213 g/mol. The fourth-order valence-corrected chi connectivity index (χ4v) is 2.23. The van der Waals surface area contributed by atoms with Gasteiger partial charge in [-0.25, -0.2) is 4.39 Å². The van der Waals surface area contributed by atoms with Crippen molar-refractivity contribution in [3.63, 3.8) is 0 Å². The van der Waals surface area contributed by atoms with Gasteiger partial charge >= 0.3 is 0 Å². The number of hydrogen-bond donors (Lipinski definition) is 1. The lowest BCUT2D eigenvalue weighted by Gasteiger charge is -2.02. The van der Waals surface area contributed by atoms with Crippen LogP contribution in [0.4, 0.5) is 4.39 Å². The summed E-state index contributed by atoms with van der Waals surface area (Å²) in [7, 11) is 0. The lowest BCUT2D eigenvalue weighted by atomic mass is 10.1. The van der Waals surface area contributed by atoms with Crippen LogP contribution in [0.2, 0.25) is 5.02 Å². The van der Waals surface area contributed by atoms with Gasteiger partial charge in [-0.05, 0) is 55.1 Å². The Bertz CT molecular complexity index is 333. The molecule has 2 atom stereocenters. The Labute approximate surface area is 94.6 Å². The summed E-state index contributed by atoms with van der Waals surface area (Å²) in [6, 6.07) is 4.83. The van der Waals surface area contributed by atoms with Crippen LogP contribution in [-0.2, 0) is 0 Å². The van der Waals surface area contributed by atoms with E-state index in [2.05, 4.69) is 12.2 Å². The van der Waals surface area contributed by atoms with E-state index in [0.29, 0.717) is 16.9 Å². The number of halogens is 2. The average molecular weight is 228 g/mol. The average Bonchev–Trinajstić information content (AvgIpc) is 2.92. The monoisotopic (exact) mass is 227 g/mol. The van der Waals surface area contributed by atoms with E-state index in [0.717, 1.165) is 25.1 Å². The Morgan fingerprint density at radius 3 is 2.93 bits per heavy atom. The van der Waals surface area contributed by atoms with Gasteiger partial charge in [0, 0.05) is 5.02 Å². The lowest BCUT2D eigenvalue weighted by Crippen LogP contribution is -2.16. The van der Waals surface area contributed by atoms with Crippen molar-refractivity contribution >= 4 is 11.6 Å². The Morgan fingerprint density at radius 2 is 2.27 bits per heavy atom. The van der Waals surface area contributed by atoms with E-state index in [9.17, 15) is 4.39 Å². The summed E-state index contributed by atoms with van der Waals surface area (Å²) >= 11 is 5.82. The highest BCUT2D eigenvalue weighted by Crippen LogP contribution is 2.47. The third-order valence-electron chi connectivity index (χ3n) is 2.89. The van der Waals surface area contributed by atoms with Crippen molar-refractivity contribution in [2.45, 2.75) is 19.3 Å². The Balaban J connectivity index is 2.00. The molecule has 0 amide bonds. The van der Waals surface area contributed by atoms with Gasteiger partial charge in [-0.15, -0.1) is 0 Å². The zero-order valence-electron chi connectivity index (χ0n) is 8.76. The first kappa shape index (κ1) is 10.9. The Kier molecular flexibility index (Phi) is 3.27. The van der Waals surface area contributed by atoms with E-state index in [1.54, 1.807) is 6.07 Å². The summed E-state index contributed by atoms with van der Waals surface area (Å²) in [4.78, 5) is 0. The minimum atomic E-state index is -0.230. The maximum atomic E-state index is 13.1. The van der Waals surface area contributed by atoms with E-state index in [1.165, 1.54) is 6.07 Å². The van der Waals surface area contributed by atoms with Gasteiger partial charge in [0.1, 0.15) is 5.82 Å². The standard InChI is InChI=1S/C12H15ClFN/c1-2-15-7-9-5-12(9)8-3-10(13)6-11(14)4-8/h3-4,6,9,12,15H,2,5,7H2,1H3. The van der Waals surface area contributed by atoms with E-state index >= 15 is 0 Å². The molecule has 1 aliphatic rings. The number of benzene rings is 1. The topological polar surface area (TPSA) is 12.0 Å². The third-order valence-corrected chi connectivity index (χ3v) is 3.11. The van der Waals surface area contributed by atoms with Crippen LogP contribution < -0.4 is 5.32 Å². The van der Waals surface area contributed by atoms with Crippen molar-refractivity contribution in [2.24, 2.45) is 5.92 Å². The molecule has 0 aromatic heterocycles. The van der Waals surface area contributed by atoms with Crippen molar-refractivity contribution in [3.8, 4) is 0 Å². The van der Waals surface area contributed by atoms with Crippen molar-refractivity contribution in [3.05, 3.63) is 34.6 Å². The van der Waals surface area contributed by atoms with Gasteiger partial charge in [0.2, 0.25) is 0 Å². The summed E-state index contributed by atoms with van der Waals surface area (Å²) < 4.78 is 13.1. The summed E-state index contributed by atoms with van der Waals surface area (Å²) in [5.74, 6) is 0.923. The molecule has 1 aromatic carbocycles. The molecule has 0 aliphatic heterocycles. The molecule has 2 unspecified atom stereocenters. The molecule has 15 heavy (non-hydrogen) atoms. The highest BCUT2D eigenvalue weighted by atomic mass is 35.5. The van der Waals surface area contributed by atoms with Gasteiger partial charge in [-0.2, -0.15) is 0 Å². The first-order valence-electron chi connectivity index (χ1n) is 5.37. The Hall–Kier alpha value is -0.600. The molecule has 1 saturated carbocycles. The van der Waals surface area contributed by atoms with Crippen LogP contribution in [-0.4, -0.2) is 13.1 Å². The van der Waals surface area contributed by atoms with E-state index in [-0.39, 0.29) is 5.82 Å². The first-order chi connectivity index (χ1) is 7.20. The van der Waals surface area contributed by atoms with Gasteiger partial charge in [0.25, 0.3) is 0 Å². The maximum absolute atomic E-state index is 13.1. The molecule has 1 N–H and O–H groups in total. The molecular formula is C12H15ClFN. The predicted octanol–water partition coefficient (Wildman–Crippen LogP) is 3.19. The highest BCUT2D eigenvalue weighted by molar-refractivity contribution is 6.30. The smallest absolute Gasteiger partial charge is 0.124 e. The van der Waals surface area contributed by atoms with Crippen LogP contribution in [0.3, 0.4) is 0 Å². The van der Waals surface area contributed by atoms with Crippen LogP contribution in [0.15, 0.2) is 18.2 Å². The summed E-state index contributed by atoms with van der Waals surface area (Å²) in [5, 5.41) is 3.81. The van der Waals surface area contributed by atoms with E-state index < -0.39 is 0 Å². The lowest BCUT2D eigenvalue weighted by molar-refractivity contribution is 0.621. The van der Waals surface area contributed by atoms with Gasteiger partial charge in [-0.1, -0.05) is 18.5 Å². The summed E-state index contributed by atoms with van der Waals surface area (Å²) in [6.07, 6.45) is 1.15. The van der Waals surface area contributed by atoms with Crippen LogP contribution in [0.25, 0.3) is 0 Å². The molecule has 0 spiro atoms. The normalized spacial score (nSPS) is 24.2. The molecule has 0 heterocycles. The molecule has 0 radical (unpaired) electrons. The fraction of sp³-hybridized carbons (Fsp3) is 0.500.